The van der Waals surface area contributed by atoms with Gasteiger partial charge in [0, 0.05) is 59.9 Å². The molecule has 0 atom stereocenters. The van der Waals surface area contributed by atoms with Gasteiger partial charge in [0.25, 0.3) is 0 Å². The van der Waals surface area contributed by atoms with Gasteiger partial charge < -0.3 is 30.8 Å². The Morgan fingerprint density at radius 2 is 1.10 bits per heavy atom. The summed E-state index contributed by atoms with van der Waals surface area (Å²) < 4.78 is 0. The number of carbonyl (C=O) groups is 2. The number of imidazole rings is 2. The van der Waals surface area contributed by atoms with Crippen molar-refractivity contribution in [2.75, 3.05) is 35.2 Å². The number of carboxylic acids is 2. The van der Waals surface area contributed by atoms with Crippen molar-refractivity contribution in [3.8, 4) is 0 Å². The SMILES string of the molecule is CCCCCc1cnc(NCCSCc2nc[nH]c2C)c(C(=O)O)c1.CCCCCc1cnc(NCCSCc2nc[nH]c2C)c(C(=O)O)c1.Cl. The normalized spacial score (nSPS) is 10.6. The lowest BCUT2D eigenvalue weighted by atomic mass is 10.1. The summed E-state index contributed by atoms with van der Waals surface area (Å²) in [5.41, 5.74) is 6.78. The largest absolute Gasteiger partial charge is 0.478 e. The fourth-order valence-corrected chi connectivity index (χ4v) is 6.69. The van der Waals surface area contributed by atoms with E-state index in [1.165, 1.54) is 0 Å². The van der Waals surface area contributed by atoms with Crippen LogP contribution >= 0.6 is 35.9 Å². The van der Waals surface area contributed by atoms with Gasteiger partial charge >= 0.3 is 11.9 Å². The molecule has 4 aromatic rings. The van der Waals surface area contributed by atoms with E-state index in [0.29, 0.717) is 24.7 Å². The average Bonchev–Trinajstić information content (AvgIpc) is 3.72. The monoisotopic (exact) mass is 760 g/mol. The number of aromatic amines is 2. The van der Waals surface area contributed by atoms with Crippen molar-refractivity contribution >= 4 is 59.5 Å². The highest BCUT2D eigenvalue weighted by Crippen LogP contribution is 2.19. The van der Waals surface area contributed by atoms with Crippen LogP contribution in [0.4, 0.5) is 11.6 Å². The van der Waals surface area contributed by atoms with Crippen LogP contribution in [0.1, 0.15) is 107 Å². The Labute approximate surface area is 316 Å². The molecule has 0 fully saturated rings. The average molecular weight is 761 g/mol. The number of anilines is 2. The van der Waals surface area contributed by atoms with E-state index in [1.54, 1.807) is 60.7 Å². The topological polar surface area (TPSA) is 182 Å². The number of aromatic nitrogens is 6. The minimum Gasteiger partial charge on any atom is -0.478 e. The van der Waals surface area contributed by atoms with Gasteiger partial charge in [-0.25, -0.2) is 29.5 Å². The van der Waals surface area contributed by atoms with E-state index in [2.05, 4.69) is 54.4 Å². The van der Waals surface area contributed by atoms with Gasteiger partial charge in [0.05, 0.1) is 24.0 Å². The van der Waals surface area contributed by atoms with Crippen molar-refractivity contribution in [2.24, 2.45) is 0 Å². The zero-order valence-electron chi connectivity index (χ0n) is 30.1. The third-order valence-electron chi connectivity index (χ3n) is 7.91. The number of pyridine rings is 2. The summed E-state index contributed by atoms with van der Waals surface area (Å²) in [4.78, 5) is 46.3. The zero-order valence-corrected chi connectivity index (χ0v) is 32.5. The van der Waals surface area contributed by atoms with Crippen LogP contribution < -0.4 is 10.6 Å². The third-order valence-corrected chi connectivity index (χ3v) is 9.85. The van der Waals surface area contributed by atoms with Gasteiger partial charge in [0.15, 0.2) is 0 Å². The molecule has 0 unspecified atom stereocenters. The van der Waals surface area contributed by atoms with E-state index in [1.807, 2.05) is 13.8 Å². The summed E-state index contributed by atoms with van der Waals surface area (Å²) >= 11 is 3.51. The number of H-pyrrole nitrogens is 2. The lowest BCUT2D eigenvalue weighted by Gasteiger charge is -2.10. The number of rotatable bonds is 22. The summed E-state index contributed by atoms with van der Waals surface area (Å²) in [5.74, 6) is 2.40. The van der Waals surface area contributed by atoms with E-state index in [0.717, 1.165) is 108 Å². The van der Waals surface area contributed by atoms with Crippen molar-refractivity contribution in [1.82, 2.24) is 29.9 Å². The Kier molecular flexibility index (Phi) is 20.8. The number of unbranched alkanes of at least 4 members (excludes halogenated alkanes) is 4. The van der Waals surface area contributed by atoms with Crippen LogP contribution in [0, 0.1) is 13.8 Å². The smallest absolute Gasteiger partial charge is 0.339 e. The molecule has 51 heavy (non-hydrogen) atoms. The van der Waals surface area contributed by atoms with Crippen LogP contribution in [0.5, 0.6) is 0 Å². The fourth-order valence-electron chi connectivity index (χ4n) is 4.94. The number of thioether (sulfide) groups is 2. The second kappa shape index (κ2) is 24.4. The van der Waals surface area contributed by atoms with Crippen LogP contribution in [-0.2, 0) is 24.3 Å². The third kappa shape index (κ3) is 15.6. The van der Waals surface area contributed by atoms with Crippen LogP contribution in [0.2, 0.25) is 0 Å². The van der Waals surface area contributed by atoms with Gasteiger partial charge in [-0.2, -0.15) is 23.5 Å². The zero-order chi connectivity index (χ0) is 36.1. The maximum atomic E-state index is 11.5. The molecule has 4 heterocycles. The second-order valence-corrected chi connectivity index (χ2v) is 14.1. The summed E-state index contributed by atoms with van der Waals surface area (Å²) in [6.45, 7) is 9.64. The number of hydrogen-bond donors (Lipinski definition) is 6. The number of aryl methyl sites for hydroxylation is 4. The predicted molar refractivity (Wildman–Crippen MR) is 212 cm³/mol. The lowest BCUT2D eigenvalue weighted by molar-refractivity contribution is 0.0686. The molecule has 0 aliphatic heterocycles. The van der Waals surface area contributed by atoms with E-state index in [4.69, 9.17) is 0 Å². The molecule has 0 saturated carbocycles. The molecular weight excluding hydrogens is 708 g/mol. The number of nitrogens with zero attached hydrogens (tertiary/aromatic N) is 4. The van der Waals surface area contributed by atoms with Gasteiger partial charge in [-0.15, -0.1) is 12.4 Å². The molecule has 0 radical (unpaired) electrons. The quantitative estimate of drug-likeness (QED) is 0.0423. The Balaban J connectivity index is 0.000000347. The molecule has 0 amide bonds. The summed E-state index contributed by atoms with van der Waals surface area (Å²) in [6, 6.07) is 3.49. The number of hydrogen-bond acceptors (Lipinski definition) is 10. The standard InChI is InChI=1S/2C18H26N4O2S.ClH/c2*1-3-4-5-6-14-9-15(18(23)24)17(20-10-14)19-7-8-25-11-16-13(2)21-12-22-16;/h2*9-10,12H,3-8,11H2,1-2H3,(H,19,20)(H,21,22)(H,23,24);1H. The lowest BCUT2D eigenvalue weighted by Crippen LogP contribution is -2.12. The number of aromatic carboxylic acids is 2. The second-order valence-electron chi connectivity index (χ2n) is 11.9. The summed E-state index contributed by atoms with van der Waals surface area (Å²) in [7, 11) is 0. The molecule has 4 aromatic heterocycles. The molecule has 0 aliphatic rings. The molecular formula is C36H53ClN8O4S2. The molecule has 4 rings (SSSR count). The van der Waals surface area contributed by atoms with Crippen molar-refractivity contribution in [3.63, 3.8) is 0 Å². The van der Waals surface area contributed by atoms with Crippen LogP contribution in [-0.4, -0.2) is 76.7 Å². The number of halogens is 1. The highest BCUT2D eigenvalue weighted by molar-refractivity contribution is 7.98. The first kappa shape index (κ1) is 43.4. The van der Waals surface area contributed by atoms with Crippen molar-refractivity contribution < 1.29 is 19.8 Å². The van der Waals surface area contributed by atoms with E-state index in [-0.39, 0.29) is 23.5 Å². The highest BCUT2D eigenvalue weighted by atomic mass is 35.5. The van der Waals surface area contributed by atoms with Gasteiger partial charge in [-0.3, -0.25) is 0 Å². The Morgan fingerprint density at radius 3 is 1.43 bits per heavy atom. The maximum absolute atomic E-state index is 11.5. The first-order chi connectivity index (χ1) is 24.2. The van der Waals surface area contributed by atoms with E-state index in [9.17, 15) is 19.8 Å². The predicted octanol–water partition coefficient (Wildman–Crippen LogP) is 8.20. The molecule has 15 heteroatoms. The molecule has 12 nitrogen and oxygen atoms in total. The summed E-state index contributed by atoms with van der Waals surface area (Å²) in [6.07, 6.45) is 15.4. The van der Waals surface area contributed by atoms with Crippen molar-refractivity contribution in [1.29, 1.82) is 0 Å². The Morgan fingerprint density at radius 1 is 0.686 bits per heavy atom. The molecule has 0 bridgehead atoms. The molecule has 6 N–H and O–H groups in total. The molecule has 0 spiro atoms. The van der Waals surface area contributed by atoms with Gasteiger partial charge in [-0.1, -0.05) is 39.5 Å². The molecule has 0 saturated heterocycles. The fraction of sp³-hybridized carbons (Fsp3) is 0.500. The van der Waals surface area contributed by atoms with Crippen LogP contribution in [0.3, 0.4) is 0 Å². The highest BCUT2D eigenvalue weighted by Gasteiger charge is 2.14. The van der Waals surface area contributed by atoms with Crippen molar-refractivity contribution in [3.05, 3.63) is 82.2 Å². The first-order valence-corrected chi connectivity index (χ1v) is 19.6. The maximum Gasteiger partial charge on any atom is 0.339 e. The first-order valence-electron chi connectivity index (χ1n) is 17.3. The van der Waals surface area contributed by atoms with Gasteiger partial charge in [-0.05, 0) is 62.8 Å². The molecule has 0 aliphatic carbocycles. The minimum absolute atomic E-state index is 0. The molecule has 280 valence electrons. The van der Waals surface area contributed by atoms with Gasteiger partial charge in [0.2, 0.25) is 0 Å². The van der Waals surface area contributed by atoms with Crippen LogP contribution in [0.15, 0.2) is 37.2 Å². The Bertz CT molecular complexity index is 1500. The van der Waals surface area contributed by atoms with Crippen molar-refractivity contribution in [2.45, 2.75) is 90.6 Å². The van der Waals surface area contributed by atoms with Gasteiger partial charge in [0.1, 0.15) is 22.8 Å². The number of carboxylic acid groups (broad SMARTS) is 2. The summed E-state index contributed by atoms with van der Waals surface area (Å²) in [5, 5.41) is 25.1. The van der Waals surface area contributed by atoms with E-state index < -0.39 is 11.9 Å². The van der Waals surface area contributed by atoms with Crippen LogP contribution in [0.25, 0.3) is 0 Å². The molecule has 0 aromatic carbocycles. The minimum atomic E-state index is -0.938. The number of nitrogens with one attached hydrogen (secondary N) is 4. The Hall–Kier alpha value is -3.75. The van der Waals surface area contributed by atoms with E-state index >= 15 is 0 Å².